The van der Waals surface area contributed by atoms with Crippen molar-refractivity contribution in [1.29, 1.82) is 0 Å². The van der Waals surface area contributed by atoms with Gasteiger partial charge in [-0.05, 0) is 52.1 Å². The summed E-state index contributed by atoms with van der Waals surface area (Å²) in [6.07, 6.45) is 1.81. The maximum absolute atomic E-state index is 13.6. The molecule has 23 heavy (non-hydrogen) atoms. The number of nitrogens with one attached hydrogen (secondary N) is 1. The van der Waals surface area contributed by atoms with Gasteiger partial charge < -0.3 is 15.0 Å². The zero-order chi connectivity index (χ0) is 16.9. The van der Waals surface area contributed by atoms with Crippen LogP contribution in [0, 0.1) is 11.7 Å². The van der Waals surface area contributed by atoms with Crippen molar-refractivity contribution in [1.82, 2.24) is 10.2 Å². The molecule has 128 valence electrons. The van der Waals surface area contributed by atoms with Crippen LogP contribution < -0.4 is 5.32 Å². The number of carbonyl (C=O) groups is 1. The van der Waals surface area contributed by atoms with Crippen molar-refractivity contribution in [2.45, 2.75) is 45.8 Å². The highest BCUT2D eigenvalue weighted by molar-refractivity contribution is 5.68. The minimum Gasteiger partial charge on any atom is -0.444 e. The minimum atomic E-state index is -0.465. The maximum atomic E-state index is 13.6. The van der Waals surface area contributed by atoms with Gasteiger partial charge in [-0.1, -0.05) is 18.2 Å². The SMILES string of the molecule is CC(C)(C)OC(=O)N1CCCC(CNCc2ccccc2F)C1. The first-order valence-electron chi connectivity index (χ1n) is 8.27. The number of benzene rings is 1. The zero-order valence-corrected chi connectivity index (χ0v) is 14.3. The monoisotopic (exact) mass is 322 g/mol. The van der Waals surface area contributed by atoms with Gasteiger partial charge in [0, 0.05) is 25.2 Å². The minimum absolute atomic E-state index is 0.181. The normalized spacial score (nSPS) is 18.8. The largest absolute Gasteiger partial charge is 0.444 e. The molecular formula is C18H27FN2O2. The number of halogens is 1. The number of piperidine rings is 1. The summed E-state index contributed by atoms with van der Waals surface area (Å²) in [5.74, 6) is 0.196. The lowest BCUT2D eigenvalue weighted by Gasteiger charge is -2.34. The molecule has 4 nitrogen and oxygen atoms in total. The number of hydrogen-bond donors (Lipinski definition) is 1. The van der Waals surface area contributed by atoms with Crippen LogP contribution in [0.25, 0.3) is 0 Å². The fourth-order valence-corrected chi connectivity index (χ4v) is 2.78. The number of amides is 1. The number of hydrogen-bond acceptors (Lipinski definition) is 3. The Hall–Kier alpha value is -1.62. The van der Waals surface area contributed by atoms with Crippen molar-refractivity contribution in [2.24, 2.45) is 5.92 Å². The van der Waals surface area contributed by atoms with Gasteiger partial charge in [0.15, 0.2) is 0 Å². The molecule has 1 saturated heterocycles. The van der Waals surface area contributed by atoms with E-state index >= 15 is 0 Å². The highest BCUT2D eigenvalue weighted by atomic mass is 19.1. The third-order valence-corrected chi connectivity index (χ3v) is 3.88. The molecule has 1 aliphatic heterocycles. The Morgan fingerprint density at radius 2 is 2.13 bits per heavy atom. The van der Waals surface area contributed by atoms with E-state index < -0.39 is 5.60 Å². The zero-order valence-electron chi connectivity index (χ0n) is 14.3. The number of ether oxygens (including phenoxy) is 1. The highest BCUT2D eigenvalue weighted by Gasteiger charge is 2.27. The number of nitrogens with zero attached hydrogens (tertiary/aromatic N) is 1. The molecule has 0 aromatic heterocycles. The molecule has 0 radical (unpaired) electrons. The quantitative estimate of drug-likeness (QED) is 0.921. The second-order valence-corrected chi connectivity index (χ2v) is 7.16. The molecule has 0 bridgehead atoms. The Bertz CT molecular complexity index is 528. The van der Waals surface area contributed by atoms with E-state index in [-0.39, 0.29) is 11.9 Å². The lowest BCUT2D eigenvalue weighted by atomic mass is 9.98. The van der Waals surface area contributed by atoms with E-state index in [9.17, 15) is 9.18 Å². The molecule has 1 aromatic carbocycles. The Kier molecular flexibility index (Phi) is 5.99. The molecule has 2 rings (SSSR count). The van der Waals surface area contributed by atoms with Gasteiger partial charge in [0.25, 0.3) is 0 Å². The summed E-state index contributed by atoms with van der Waals surface area (Å²) in [5, 5.41) is 3.30. The van der Waals surface area contributed by atoms with Gasteiger partial charge >= 0.3 is 6.09 Å². The highest BCUT2D eigenvalue weighted by Crippen LogP contribution is 2.19. The first-order valence-corrected chi connectivity index (χ1v) is 8.27. The third-order valence-electron chi connectivity index (χ3n) is 3.88. The molecule has 1 amide bonds. The van der Waals surface area contributed by atoms with Crippen molar-refractivity contribution in [3.8, 4) is 0 Å². The Balaban J connectivity index is 1.78. The average Bonchev–Trinajstić information content (AvgIpc) is 2.48. The van der Waals surface area contributed by atoms with Crippen molar-refractivity contribution in [2.75, 3.05) is 19.6 Å². The average molecular weight is 322 g/mol. The van der Waals surface area contributed by atoms with E-state index in [4.69, 9.17) is 4.74 Å². The second-order valence-electron chi connectivity index (χ2n) is 7.16. The van der Waals surface area contributed by atoms with Crippen LogP contribution in [0.2, 0.25) is 0 Å². The Morgan fingerprint density at radius 1 is 1.39 bits per heavy atom. The fraction of sp³-hybridized carbons (Fsp3) is 0.611. The van der Waals surface area contributed by atoms with E-state index in [2.05, 4.69) is 5.32 Å². The van der Waals surface area contributed by atoms with Crippen molar-refractivity contribution in [3.63, 3.8) is 0 Å². The van der Waals surface area contributed by atoms with Gasteiger partial charge in [-0.2, -0.15) is 0 Å². The summed E-state index contributed by atoms with van der Waals surface area (Å²) >= 11 is 0. The molecule has 1 unspecified atom stereocenters. The maximum Gasteiger partial charge on any atom is 0.410 e. The lowest BCUT2D eigenvalue weighted by Crippen LogP contribution is -2.45. The summed E-state index contributed by atoms with van der Waals surface area (Å²) < 4.78 is 19.0. The molecule has 1 N–H and O–H groups in total. The van der Waals surface area contributed by atoms with Gasteiger partial charge in [0.2, 0.25) is 0 Å². The topological polar surface area (TPSA) is 41.6 Å². The van der Waals surface area contributed by atoms with E-state index in [0.717, 1.165) is 25.9 Å². The third kappa shape index (κ3) is 5.82. The summed E-state index contributed by atoms with van der Waals surface area (Å²) in [7, 11) is 0. The van der Waals surface area contributed by atoms with Crippen molar-refractivity contribution >= 4 is 6.09 Å². The first kappa shape index (κ1) is 17.7. The van der Waals surface area contributed by atoms with Crippen LogP contribution in [0.3, 0.4) is 0 Å². The van der Waals surface area contributed by atoms with E-state index in [1.165, 1.54) is 6.07 Å². The van der Waals surface area contributed by atoms with Crippen LogP contribution in [0.1, 0.15) is 39.2 Å². The summed E-state index contributed by atoms with van der Waals surface area (Å²) in [6.45, 7) is 8.36. The summed E-state index contributed by atoms with van der Waals surface area (Å²) in [5.41, 5.74) is 0.208. The molecule has 1 fully saturated rings. The number of carbonyl (C=O) groups excluding carboxylic acids is 1. The van der Waals surface area contributed by atoms with Crippen molar-refractivity contribution in [3.05, 3.63) is 35.6 Å². The molecule has 0 saturated carbocycles. The van der Waals surface area contributed by atoms with E-state index in [1.54, 1.807) is 17.0 Å². The first-order chi connectivity index (χ1) is 10.8. The molecule has 1 aliphatic rings. The molecule has 1 heterocycles. The summed E-state index contributed by atoms with van der Waals surface area (Å²) in [4.78, 5) is 13.9. The summed E-state index contributed by atoms with van der Waals surface area (Å²) in [6, 6.07) is 6.79. The predicted octanol–water partition coefficient (Wildman–Crippen LogP) is 3.56. The molecule has 1 atom stereocenters. The van der Waals surface area contributed by atoms with Crippen LogP contribution in [0.15, 0.2) is 24.3 Å². The van der Waals surface area contributed by atoms with Crippen molar-refractivity contribution < 1.29 is 13.9 Å². The lowest BCUT2D eigenvalue weighted by molar-refractivity contribution is 0.0166. The molecule has 0 aliphatic carbocycles. The second kappa shape index (κ2) is 7.77. The standard InChI is InChI=1S/C18H27FN2O2/c1-18(2,3)23-17(22)21-10-6-7-14(13-21)11-20-12-15-8-4-5-9-16(15)19/h4-5,8-9,14,20H,6-7,10-13H2,1-3H3. The van der Waals surface area contributed by atoms with Crippen LogP contribution in [0.4, 0.5) is 9.18 Å². The number of likely N-dealkylation sites (tertiary alicyclic amines) is 1. The van der Waals surface area contributed by atoms with Crippen LogP contribution in [-0.2, 0) is 11.3 Å². The molecule has 5 heteroatoms. The Morgan fingerprint density at radius 3 is 2.83 bits per heavy atom. The smallest absolute Gasteiger partial charge is 0.410 e. The van der Waals surface area contributed by atoms with Gasteiger partial charge in [0.05, 0.1) is 0 Å². The van der Waals surface area contributed by atoms with E-state index in [0.29, 0.717) is 24.6 Å². The predicted molar refractivity (Wildman–Crippen MR) is 88.6 cm³/mol. The molecular weight excluding hydrogens is 295 g/mol. The van der Waals surface area contributed by atoms with Gasteiger partial charge in [-0.25, -0.2) is 9.18 Å². The van der Waals surface area contributed by atoms with Crippen LogP contribution >= 0.6 is 0 Å². The van der Waals surface area contributed by atoms with Gasteiger partial charge in [0.1, 0.15) is 11.4 Å². The Labute approximate surface area is 138 Å². The van der Waals surface area contributed by atoms with Gasteiger partial charge in [-0.15, -0.1) is 0 Å². The fourth-order valence-electron chi connectivity index (χ4n) is 2.78. The van der Waals surface area contributed by atoms with Gasteiger partial charge in [-0.3, -0.25) is 0 Å². The van der Waals surface area contributed by atoms with Crippen LogP contribution in [0.5, 0.6) is 0 Å². The van der Waals surface area contributed by atoms with E-state index in [1.807, 2.05) is 26.8 Å². The molecule has 1 aromatic rings. The molecule has 0 spiro atoms. The van der Waals surface area contributed by atoms with Crippen LogP contribution in [-0.4, -0.2) is 36.2 Å². The number of rotatable bonds is 4.